The fraction of sp³-hybridized carbons (Fsp3) is 0.118. The van der Waals surface area contributed by atoms with Crippen LogP contribution in [0.4, 0.5) is 11.4 Å². The molecular formula is C34H28MgN4O4+2. The first-order chi connectivity index (χ1) is 20.4. The summed E-state index contributed by atoms with van der Waals surface area (Å²) in [5.74, 6) is 3.90. The van der Waals surface area contributed by atoms with Crippen molar-refractivity contribution in [3.8, 4) is 11.5 Å². The topological polar surface area (TPSA) is 101 Å². The zero-order valence-electron chi connectivity index (χ0n) is 24.3. The average molecular weight is 581 g/mol. The van der Waals surface area contributed by atoms with Gasteiger partial charge >= 0.3 is 34.8 Å². The molecule has 8 nitrogen and oxygen atoms in total. The molecular weight excluding hydrogens is 553 g/mol. The van der Waals surface area contributed by atoms with Gasteiger partial charge in [-0.3, -0.25) is 0 Å². The Morgan fingerprint density at radius 3 is 1.33 bits per heavy atom. The molecule has 208 valence electrons. The van der Waals surface area contributed by atoms with Gasteiger partial charge in [0.05, 0.1) is 12.2 Å². The summed E-state index contributed by atoms with van der Waals surface area (Å²) in [5.41, 5.74) is 9.90. The number of ether oxygens (including phenoxy) is 2. The second-order valence-corrected chi connectivity index (χ2v) is 10.3. The number of fused-ring (bicyclic) bond motifs is 4. The molecule has 6 aromatic rings. The van der Waals surface area contributed by atoms with Gasteiger partial charge in [-0.15, -0.1) is 0 Å². The van der Waals surface area contributed by atoms with Gasteiger partial charge in [-0.2, -0.15) is 9.97 Å². The summed E-state index contributed by atoms with van der Waals surface area (Å²) in [6.07, 6.45) is 3.55. The quantitative estimate of drug-likeness (QED) is 0.193. The van der Waals surface area contributed by atoms with Crippen molar-refractivity contribution in [2.75, 3.05) is 0 Å². The normalized spacial score (nSPS) is 14.7. The maximum Gasteiger partial charge on any atom is 2.00 e. The Labute approximate surface area is 264 Å². The van der Waals surface area contributed by atoms with Crippen molar-refractivity contribution in [3.05, 3.63) is 129 Å². The van der Waals surface area contributed by atoms with Crippen LogP contribution in [0.3, 0.4) is 0 Å². The van der Waals surface area contributed by atoms with Crippen LogP contribution in [0.15, 0.2) is 93.4 Å². The van der Waals surface area contributed by atoms with E-state index in [1.807, 2.05) is 100 Å². The maximum atomic E-state index is 5.77. The monoisotopic (exact) mass is 580 g/mol. The summed E-state index contributed by atoms with van der Waals surface area (Å²) in [7, 11) is 0. The minimum Gasteiger partial charge on any atom is -0.623 e. The molecule has 0 aliphatic carbocycles. The van der Waals surface area contributed by atoms with Gasteiger partial charge in [0.15, 0.2) is 0 Å². The van der Waals surface area contributed by atoms with Crippen molar-refractivity contribution in [1.82, 2.24) is 0 Å². The van der Waals surface area contributed by atoms with Crippen molar-refractivity contribution in [1.29, 1.82) is 0 Å². The van der Waals surface area contributed by atoms with E-state index in [-0.39, 0.29) is 23.1 Å². The van der Waals surface area contributed by atoms with Crippen LogP contribution in [-0.4, -0.2) is 23.1 Å². The van der Waals surface area contributed by atoms with Gasteiger partial charge in [0.25, 0.3) is 11.0 Å². The summed E-state index contributed by atoms with van der Waals surface area (Å²) >= 11 is 0. The van der Waals surface area contributed by atoms with Crippen LogP contribution in [-0.2, 0) is 0 Å². The van der Waals surface area contributed by atoms with Gasteiger partial charge in [0, 0.05) is 22.9 Å². The van der Waals surface area contributed by atoms with Crippen LogP contribution in [0, 0.1) is 27.7 Å². The summed E-state index contributed by atoms with van der Waals surface area (Å²) in [4.78, 5) is 6.50. The molecule has 4 heterocycles. The van der Waals surface area contributed by atoms with E-state index >= 15 is 0 Å². The third kappa shape index (κ3) is 5.56. The van der Waals surface area contributed by atoms with Crippen molar-refractivity contribution in [3.63, 3.8) is 0 Å². The van der Waals surface area contributed by atoms with Crippen LogP contribution in [0.2, 0.25) is 0 Å². The smallest absolute Gasteiger partial charge is 0.623 e. The minimum atomic E-state index is 0. The molecule has 0 atom stereocenters. The molecule has 9 heteroatoms. The Bertz CT molecular complexity index is 1910. The third-order valence-corrected chi connectivity index (χ3v) is 7.19. The molecule has 8 rings (SSSR count). The van der Waals surface area contributed by atoms with E-state index in [9.17, 15) is 0 Å². The van der Waals surface area contributed by atoms with Gasteiger partial charge < -0.3 is 28.9 Å². The SMILES string of the molecule is Cc1cccc2c1[N-]/C(=C\c1[nH+]c3c(C)cccc3o1)O2.Cc1cccc2c1[N-]/C(=C\c1[nH+]c3c(C)cccc3o1)O2.[Mg+2]. The summed E-state index contributed by atoms with van der Waals surface area (Å²) in [6, 6.07) is 23.7. The molecule has 0 amide bonds. The number of oxazole rings is 2. The van der Waals surface area contributed by atoms with Gasteiger partial charge in [-0.25, -0.2) is 0 Å². The Kier molecular flexibility index (Phi) is 7.60. The Morgan fingerprint density at radius 1 is 0.535 bits per heavy atom. The van der Waals surface area contributed by atoms with Crippen LogP contribution in [0.5, 0.6) is 11.5 Å². The second-order valence-electron chi connectivity index (χ2n) is 10.3. The number of hydrogen-bond acceptors (Lipinski definition) is 4. The van der Waals surface area contributed by atoms with Crippen molar-refractivity contribution < 1.29 is 28.3 Å². The van der Waals surface area contributed by atoms with Gasteiger partial charge in [0.2, 0.25) is 11.2 Å². The molecule has 0 bridgehead atoms. The molecule has 0 spiro atoms. The molecule has 2 aromatic heterocycles. The second kappa shape index (κ2) is 11.5. The largest absolute Gasteiger partial charge is 2.00 e. The number of benzene rings is 4. The fourth-order valence-electron chi connectivity index (χ4n) is 4.99. The number of rotatable bonds is 2. The van der Waals surface area contributed by atoms with E-state index in [0.717, 1.165) is 67.3 Å². The minimum absolute atomic E-state index is 0. The first kappa shape index (κ1) is 28.4. The molecule has 4 aromatic carbocycles. The average Bonchev–Trinajstić information content (AvgIpc) is 3.75. The first-order valence-corrected chi connectivity index (χ1v) is 13.7. The molecule has 0 saturated carbocycles. The van der Waals surface area contributed by atoms with Crippen LogP contribution in [0.25, 0.3) is 45.0 Å². The number of nitrogens with zero attached hydrogens (tertiary/aromatic N) is 2. The summed E-state index contributed by atoms with van der Waals surface area (Å²) in [5, 5.41) is 9.00. The number of para-hydroxylation sites is 4. The van der Waals surface area contributed by atoms with E-state index in [1.165, 1.54) is 0 Å². The standard InChI is InChI=1S/2C17H13N2O2.Mg/c2*1-10-5-3-7-12-16(10)18-14(20-12)9-15-19-17-11(2)6-4-8-13(17)21-15;/h2*3-9H,1-2H3;/q2*-1;+2/p+2/b2*14-9+;. The molecule has 2 aliphatic rings. The number of hydrogen-bond donors (Lipinski definition) is 0. The number of H-pyrrole nitrogens is 2. The fourth-order valence-corrected chi connectivity index (χ4v) is 4.99. The van der Waals surface area contributed by atoms with E-state index in [2.05, 4.69) is 20.6 Å². The van der Waals surface area contributed by atoms with E-state index in [1.54, 1.807) is 12.2 Å². The van der Waals surface area contributed by atoms with Gasteiger partial charge in [0.1, 0.15) is 11.5 Å². The number of aromatic amines is 2. The Morgan fingerprint density at radius 2 is 0.930 bits per heavy atom. The molecule has 2 aliphatic heterocycles. The zero-order chi connectivity index (χ0) is 28.8. The molecule has 0 saturated heterocycles. The predicted octanol–water partition coefficient (Wildman–Crippen LogP) is 8.14. The van der Waals surface area contributed by atoms with E-state index < -0.39 is 0 Å². The van der Waals surface area contributed by atoms with Crippen LogP contribution in [0.1, 0.15) is 34.0 Å². The van der Waals surface area contributed by atoms with Crippen molar-refractivity contribution >= 4 is 68.8 Å². The summed E-state index contributed by atoms with van der Waals surface area (Å²) in [6.45, 7) is 8.12. The number of aromatic nitrogens is 2. The van der Waals surface area contributed by atoms with E-state index in [0.29, 0.717) is 23.5 Å². The zero-order valence-corrected chi connectivity index (χ0v) is 25.7. The van der Waals surface area contributed by atoms with Gasteiger partial charge in [-0.05, 0) is 52.0 Å². The summed E-state index contributed by atoms with van der Waals surface area (Å²) < 4.78 is 23.0. The van der Waals surface area contributed by atoms with Crippen molar-refractivity contribution in [2.45, 2.75) is 27.7 Å². The molecule has 0 fully saturated rings. The van der Waals surface area contributed by atoms with Crippen LogP contribution >= 0.6 is 0 Å². The number of aryl methyl sites for hydroxylation is 4. The predicted molar refractivity (Wildman–Crippen MR) is 166 cm³/mol. The Hall–Kier alpha value is -4.73. The molecule has 2 N–H and O–H groups in total. The third-order valence-electron chi connectivity index (χ3n) is 7.19. The Balaban J connectivity index is 0.000000150. The van der Waals surface area contributed by atoms with E-state index in [4.69, 9.17) is 18.3 Å². The molecule has 0 unspecified atom stereocenters. The van der Waals surface area contributed by atoms with Crippen LogP contribution < -0.4 is 19.4 Å². The van der Waals surface area contributed by atoms with Gasteiger partial charge in [-0.1, -0.05) is 71.0 Å². The number of nitrogens with one attached hydrogen (secondary N) is 2. The maximum absolute atomic E-state index is 5.77. The molecule has 0 radical (unpaired) electrons. The van der Waals surface area contributed by atoms with Crippen molar-refractivity contribution in [2.24, 2.45) is 0 Å². The molecule has 43 heavy (non-hydrogen) atoms. The first-order valence-electron chi connectivity index (χ1n) is 13.7.